The van der Waals surface area contributed by atoms with E-state index in [1.807, 2.05) is 62.4 Å². The SMILES string of the molecule is CC(C)Oc1ccc(C2/C(=C(\O)c3ccncc3)C(=O)C(=O)N2c2ccc(C(C)(C)C)cc2)cc1. The number of aromatic nitrogens is 1. The highest BCUT2D eigenvalue weighted by Crippen LogP contribution is 2.42. The van der Waals surface area contributed by atoms with Crippen LogP contribution in [-0.2, 0) is 15.0 Å². The molecular formula is C29H30N2O4. The maximum Gasteiger partial charge on any atom is 0.300 e. The molecule has 1 saturated heterocycles. The van der Waals surface area contributed by atoms with Gasteiger partial charge in [0.2, 0.25) is 0 Å². The van der Waals surface area contributed by atoms with Crippen LogP contribution in [0.3, 0.4) is 0 Å². The van der Waals surface area contributed by atoms with Crippen LogP contribution >= 0.6 is 0 Å². The van der Waals surface area contributed by atoms with Gasteiger partial charge in [0.15, 0.2) is 0 Å². The number of pyridine rings is 1. The smallest absolute Gasteiger partial charge is 0.300 e. The van der Waals surface area contributed by atoms with Gasteiger partial charge in [0.25, 0.3) is 11.7 Å². The summed E-state index contributed by atoms with van der Waals surface area (Å²) in [7, 11) is 0. The minimum atomic E-state index is -0.795. The first kappa shape index (κ1) is 24.2. The van der Waals surface area contributed by atoms with Crippen molar-refractivity contribution in [1.82, 2.24) is 4.98 Å². The molecule has 1 atom stereocenters. The molecule has 35 heavy (non-hydrogen) atoms. The maximum atomic E-state index is 13.3. The molecule has 1 fully saturated rings. The first-order valence-electron chi connectivity index (χ1n) is 11.7. The lowest BCUT2D eigenvalue weighted by molar-refractivity contribution is -0.132. The number of ketones is 1. The first-order chi connectivity index (χ1) is 16.6. The van der Waals surface area contributed by atoms with Crippen molar-refractivity contribution in [1.29, 1.82) is 0 Å². The fourth-order valence-electron chi connectivity index (χ4n) is 4.20. The topological polar surface area (TPSA) is 79.7 Å². The number of rotatable bonds is 5. The average molecular weight is 471 g/mol. The zero-order valence-electron chi connectivity index (χ0n) is 20.6. The van der Waals surface area contributed by atoms with E-state index < -0.39 is 17.7 Å². The average Bonchev–Trinajstić information content (AvgIpc) is 3.09. The van der Waals surface area contributed by atoms with Crippen molar-refractivity contribution in [3.63, 3.8) is 0 Å². The van der Waals surface area contributed by atoms with Crippen LogP contribution in [0.15, 0.2) is 78.6 Å². The van der Waals surface area contributed by atoms with Crippen LogP contribution in [0.2, 0.25) is 0 Å². The zero-order chi connectivity index (χ0) is 25.3. The first-order valence-corrected chi connectivity index (χ1v) is 11.7. The van der Waals surface area contributed by atoms with Gasteiger partial charge in [0, 0.05) is 23.6 Å². The number of nitrogens with zero attached hydrogens (tertiary/aromatic N) is 2. The molecule has 0 bridgehead atoms. The van der Waals surface area contributed by atoms with Gasteiger partial charge in [-0.05, 0) is 66.8 Å². The van der Waals surface area contributed by atoms with E-state index in [2.05, 4.69) is 25.8 Å². The van der Waals surface area contributed by atoms with E-state index in [4.69, 9.17) is 4.74 Å². The third-order valence-corrected chi connectivity index (χ3v) is 5.98. The van der Waals surface area contributed by atoms with Crippen LogP contribution in [0, 0.1) is 0 Å². The van der Waals surface area contributed by atoms with Crippen molar-refractivity contribution in [2.45, 2.75) is 52.2 Å². The molecule has 0 saturated carbocycles. The quantitative estimate of drug-likeness (QED) is 0.290. The van der Waals surface area contributed by atoms with Crippen molar-refractivity contribution < 1.29 is 19.4 Å². The van der Waals surface area contributed by atoms with Gasteiger partial charge >= 0.3 is 0 Å². The van der Waals surface area contributed by atoms with E-state index in [0.29, 0.717) is 22.6 Å². The molecule has 3 aromatic rings. The highest BCUT2D eigenvalue weighted by molar-refractivity contribution is 6.51. The Hall–Kier alpha value is -3.93. The molecule has 1 N–H and O–H groups in total. The third kappa shape index (κ3) is 4.83. The summed E-state index contributed by atoms with van der Waals surface area (Å²) < 4.78 is 5.76. The van der Waals surface area contributed by atoms with E-state index in [-0.39, 0.29) is 22.9 Å². The van der Waals surface area contributed by atoms with Crippen molar-refractivity contribution in [2.75, 3.05) is 4.90 Å². The molecule has 0 aliphatic carbocycles. The molecule has 2 aromatic carbocycles. The predicted octanol–water partition coefficient (Wildman–Crippen LogP) is 5.79. The number of aliphatic hydroxyl groups is 1. The van der Waals surface area contributed by atoms with E-state index in [0.717, 1.165) is 5.56 Å². The second-order valence-electron chi connectivity index (χ2n) is 9.94. The van der Waals surface area contributed by atoms with Crippen LogP contribution in [0.4, 0.5) is 5.69 Å². The number of ether oxygens (including phenoxy) is 1. The molecule has 180 valence electrons. The number of aliphatic hydroxyl groups excluding tert-OH is 1. The van der Waals surface area contributed by atoms with Gasteiger partial charge in [-0.3, -0.25) is 19.5 Å². The van der Waals surface area contributed by atoms with E-state index in [1.165, 1.54) is 17.3 Å². The highest BCUT2D eigenvalue weighted by Gasteiger charge is 2.47. The monoisotopic (exact) mass is 470 g/mol. The summed E-state index contributed by atoms with van der Waals surface area (Å²) in [6.45, 7) is 10.2. The minimum Gasteiger partial charge on any atom is -0.507 e. The standard InChI is InChI=1S/C29H30N2O4/c1-18(2)35-23-12-6-19(7-13-23)25-24(26(32)20-14-16-30-17-15-20)27(33)28(34)31(25)22-10-8-21(9-11-22)29(3,4)5/h6-18,25,32H,1-5H3/b26-24+. The fraction of sp³-hybridized carbons (Fsp3) is 0.276. The number of amides is 1. The summed E-state index contributed by atoms with van der Waals surface area (Å²) in [5.74, 6) is -0.959. The van der Waals surface area contributed by atoms with Gasteiger partial charge in [-0.25, -0.2) is 0 Å². The van der Waals surface area contributed by atoms with Crippen molar-refractivity contribution in [3.8, 4) is 5.75 Å². The van der Waals surface area contributed by atoms with Crippen molar-refractivity contribution in [3.05, 3.63) is 95.3 Å². The Labute approximate surface area is 205 Å². The second-order valence-corrected chi connectivity index (χ2v) is 9.94. The fourth-order valence-corrected chi connectivity index (χ4v) is 4.20. The molecule has 1 amide bonds. The van der Waals surface area contributed by atoms with E-state index in [1.54, 1.807) is 12.1 Å². The lowest BCUT2D eigenvalue weighted by Crippen LogP contribution is -2.29. The van der Waals surface area contributed by atoms with Crippen LogP contribution in [0.1, 0.15) is 57.4 Å². The van der Waals surface area contributed by atoms with Gasteiger partial charge in [0.05, 0.1) is 17.7 Å². The number of hydrogen-bond acceptors (Lipinski definition) is 5. The number of carbonyl (C=O) groups is 2. The van der Waals surface area contributed by atoms with E-state index >= 15 is 0 Å². The number of benzene rings is 2. The lowest BCUT2D eigenvalue weighted by Gasteiger charge is -2.27. The number of anilines is 1. The van der Waals surface area contributed by atoms with Crippen LogP contribution in [0.5, 0.6) is 5.75 Å². The Morgan fingerprint density at radius 1 is 0.943 bits per heavy atom. The molecule has 6 heteroatoms. The Morgan fingerprint density at radius 3 is 2.09 bits per heavy atom. The summed E-state index contributed by atoms with van der Waals surface area (Å²) in [4.78, 5) is 32.0. The van der Waals surface area contributed by atoms with Crippen molar-refractivity contribution >= 4 is 23.1 Å². The van der Waals surface area contributed by atoms with Crippen LogP contribution < -0.4 is 9.64 Å². The molecule has 1 unspecified atom stereocenters. The van der Waals surface area contributed by atoms with Crippen LogP contribution in [0.25, 0.3) is 5.76 Å². The summed E-state index contributed by atoms with van der Waals surface area (Å²) >= 11 is 0. The zero-order valence-corrected chi connectivity index (χ0v) is 20.6. The Morgan fingerprint density at radius 2 is 1.54 bits per heavy atom. The number of carbonyl (C=O) groups excluding carboxylic acids is 2. The molecule has 4 rings (SSSR count). The highest BCUT2D eigenvalue weighted by atomic mass is 16.5. The number of Topliss-reactive ketones (excluding diaryl/α,β-unsaturated/α-hetero) is 1. The minimum absolute atomic E-state index is 0.0134. The lowest BCUT2D eigenvalue weighted by atomic mass is 9.87. The Balaban J connectivity index is 1.86. The third-order valence-electron chi connectivity index (χ3n) is 5.98. The molecule has 0 radical (unpaired) electrons. The summed E-state index contributed by atoms with van der Waals surface area (Å²) in [6.07, 6.45) is 3.08. The number of hydrogen-bond donors (Lipinski definition) is 1. The molecule has 0 spiro atoms. The van der Waals surface area contributed by atoms with Gasteiger partial charge in [-0.2, -0.15) is 0 Å². The maximum absolute atomic E-state index is 13.3. The summed E-state index contributed by atoms with van der Waals surface area (Å²) in [6, 6.07) is 17.3. The predicted molar refractivity (Wildman–Crippen MR) is 136 cm³/mol. The molecular weight excluding hydrogens is 440 g/mol. The van der Waals surface area contributed by atoms with E-state index in [9.17, 15) is 14.7 Å². The van der Waals surface area contributed by atoms with Gasteiger partial charge in [-0.1, -0.05) is 45.0 Å². The Kier molecular flexibility index (Phi) is 6.48. The molecule has 1 aliphatic rings. The Bertz CT molecular complexity index is 1250. The van der Waals surface area contributed by atoms with Crippen molar-refractivity contribution in [2.24, 2.45) is 0 Å². The normalized spacial score (nSPS) is 17.8. The summed E-state index contributed by atoms with van der Waals surface area (Å²) in [5.41, 5.74) is 2.79. The molecule has 2 heterocycles. The van der Waals surface area contributed by atoms with Gasteiger partial charge < -0.3 is 9.84 Å². The molecule has 6 nitrogen and oxygen atoms in total. The van der Waals surface area contributed by atoms with Gasteiger partial charge in [-0.15, -0.1) is 0 Å². The largest absolute Gasteiger partial charge is 0.507 e. The second kappa shape index (κ2) is 9.37. The molecule has 1 aliphatic heterocycles. The molecule has 1 aromatic heterocycles. The van der Waals surface area contributed by atoms with Crippen LogP contribution in [-0.4, -0.2) is 27.9 Å². The summed E-state index contributed by atoms with van der Waals surface area (Å²) in [5, 5.41) is 11.2. The van der Waals surface area contributed by atoms with Gasteiger partial charge in [0.1, 0.15) is 11.5 Å².